The molecule has 0 radical (unpaired) electrons. The number of hydrogen-bond donors (Lipinski definition) is 6. The van der Waals surface area contributed by atoms with Crippen molar-refractivity contribution in [1.82, 2.24) is 5.32 Å². The van der Waals surface area contributed by atoms with Crippen molar-refractivity contribution in [3.8, 4) is 0 Å². The molecule has 0 aromatic rings. The first-order chi connectivity index (χ1) is 24.3. The van der Waals surface area contributed by atoms with Crippen molar-refractivity contribution >= 4 is 5.91 Å². The topological polar surface area (TPSA) is 149 Å². The molecule has 9 heteroatoms. The molecule has 1 rings (SSSR count). The predicted octanol–water partition coefficient (Wildman–Crippen LogP) is 8.00. The summed E-state index contributed by atoms with van der Waals surface area (Å²) in [4.78, 5) is 12.9. The molecule has 2 unspecified atom stereocenters. The van der Waals surface area contributed by atoms with E-state index in [-0.39, 0.29) is 12.5 Å². The highest BCUT2D eigenvalue weighted by atomic mass is 16.7. The molecule has 0 aromatic heterocycles. The van der Waals surface area contributed by atoms with Crippen LogP contribution >= 0.6 is 0 Å². The van der Waals surface area contributed by atoms with Crippen LogP contribution in [0, 0.1) is 0 Å². The number of aliphatic hydroxyl groups excluding tert-OH is 5. The summed E-state index contributed by atoms with van der Waals surface area (Å²) in [7, 11) is 0. The van der Waals surface area contributed by atoms with Crippen LogP contribution in [0.15, 0.2) is 0 Å². The van der Waals surface area contributed by atoms with E-state index in [9.17, 15) is 30.3 Å². The van der Waals surface area contributed by atoms with Gasteiger partial charge in [0.25, 0.3) is 0 Å². The van der Waals surface area contributed by atoms with Gasteiger partial charge in [0.05, 0.1) is 25.4 Å². The van der Waals surface area contributed by atoms with Gasteiger partial charge in [-0.15, -0.1) is 0 Å². The van der Waals surface area contributed by atoms with Gasteiger partial charge in [-0.05, 0) is 12.8 Å². The standard InChI is InChI=1S/C41H81NO8/c1-3-5-7-9-11-13-15-17-19-21-23-25-27-29-31-37(45)42-34(33-49-41-40(48)39(47)38(46)36(32-43)50-41)35(44)30-28-26-24-22-20-18-16-14-12-10-8-6-4-2/h34-36,38-41,43-44,46-48H,3-33H2,1-2H3,(H,42,45)/t34-,35+,36+,38-,39?,40?,41+/m0/s1. The van der Waals surface area contributed by atoms with Crippen molar-refractivity contribution in [2.45, 2.75) is 243 Å². The van der Waals surface area contributed by atoms with Crippen LogP contribution in [0.3, 0.4) is 0 Å². The molecule has 298 valence electrons. The maximum atomic E-state index is 12.9. The quantitative estimate of drug-likeness (QED) is 0.0362. The Morgan fingerprint density at radius 3 is 1.42 bits per heavy atom. The van der Waals surface area contributed by atoms with E-state index in [2.05, 4.69) is 19.2 Å². The van der Waals surface area contributed by atoms with Crippen LogP contribution in [-0.4, -0.2) is 87.5 Å². The van der Waals surface area contributed by atoms with Crippen molar-refractivity contribution < 1.29 is 39.8 Å². The van der Waals surface area contributed by atoms with Gasteiger partial charge in [-0.25, -0.2) is 0 Å². The molecular weight excluding hydrogens is 634 g/mol. The number of carbonyl (C=O) groups excluding carboxylic acids is 1. The van der Waals surface area contributed by atoms with Crippen LogP contribution in [0.1, 0.15) is 200 Å². The van der Waals surface area contributed by atoms with E-state index in [1.807, 2.05) is 0 Å². The first kappa shape index (κ1) is 47.2. The Morgan fingerprint density at radius 1 is 0.600 bits per heavy atom. The average molecular weight is 716 g/mol. The molecule has 1 aliphatic heterocycles. The predicted molar refractivity (Wildman–Crippen MR) is 203 cm³/mol. The Balaban J connectivity index is 2.37. The molecular formula is C41H81NO8. The van der Waals surface area contributed by atoms with Crippen molar-refractivity contribution in [2.24, 2.45) is 0 Å². The second-order valence-corrected chi connectivity index (χ2v) is 15.1. The van der Waals surface area contributed by atoms with Gasteiger partial charge in [-0.1, -0.05) is 181 Å². The van der Waals surface area contributed by atoms with Gasteiger partial charge in [0.15, 0.2) is 6.29 Å². The third-order valence-corrected chi connectivity index (χ3v) is 10.5. The van der Waals surface area contributed by atoms with E-state index in [4.69, 9.17) is 9.47 Å². The fourth-order valence-electron chi connectivity index (χ4n) is 6.98. The van der Waals surface area contributed by atoms with Crippen molar-refractivity contribution in [3.63, 3.8) is 0 Å². The third-order valence-electron chi connectivity index (χ3n) is 10.5. The molecule has 9 nitrogen and oxygen atoms in total. The van der Waals surface area contributed by atoms with E-state index < -0.39 is 49.5 Å². The van der Waals surface area contributed by atoms with Gasteiger partial charge in [0, 0.05) is 6.42 Å². The summed E-state index contributed by atoms with van der Waals surface area (Å²) >= 11 is 0. The van der Waals surface area contributed by atoms with E-state index in [0.717, 1.165) is 38.5 Å². The summed E-state index contributed by atoms with van der Waals surface area (Å²) < 4.78 is 11.2. The zero-order chi connectivity index (χ0) is 36.7. The van der Waals surface area contributed by atoms with Gasteiger partial charge < -0.3 is 40.3 Å². The second-order valence-electron chi connectivity index (χ2n) is 15.1. The Morgan fingerprint density at radius 2 is 1.00 bits per heavy atom. The number of hydrogen-bond acceptors (Lipinski definition) is 8. The molecule has 50 heavy (non-hydrogen) atoms. The smallest absolute Gasteiger partial charge is 0.220 e. The van der Waals surface area contributed by atoms with Gasteiger partial charge in [-0.2, -0.15) is 0 Å². The summed E-state index contributed by atoms with van der Waals surface area (Å²) in [6, 6.07) is -0.709. The Kier molecular flexibility index (Phi) is 31.0. The zero-order valence-electron chi connectivity index (χ0n) is 32.4. The minimum absolute atomic E-state index is 0.132. The normalized spacial score (nSPS) is 22.1. The molecule has 6 N–H and O–H groups in total. The Hall–Kier alpha value is -0.810. The second kappa shape index (κ2) is 32.8. The molecule has 0 bridgehead atoms. The molecule has 0 saturated carbocycles. The number of amides is 1. The first-order valence-corrected chi connectivity index (χ1v) is 21.2. The first-order valence-electron chi connectivity index (χ1n) is 21.2. The van der Waals surface area contributed by atoms with Crippen molar-refractivity contribution in [2.75, 3.05) is 13.2 Å². The average Bonchev–Trinajstić information content (AvgIpc) is 3.11. The fourth-order valence-corrected chi connectivity index (χ4v) is 6.98. The number of rotatable bonds is 35. The number of carbonyl (C=O) groups is 1. The van der Waals surface area contributed by atoms with E-state index >= 15 is 0 Å². The summed E-state index contributed by atoms with van der Waals surface area (Å²) in [5.41, 5.74) is 0. The monoisotopic (exact) mass is 716 g/mol. The minimum atomic E-state index is -1.55. The van der Waals surface area contributed by atoms with Gasteiger partial charge in [-0.3, -0.25) is 4.79 Å². The lowest BCUT2D eigenvalue weighted by atomic mass is 9.99. The minimum Gasteiger partial charge on any atom is -0.394 e. The van der Waals surface area contributed by atoms with Gasteiger partial charge in [0.1, 0.15) is 24.4 Å². The fraction of sp³-hybridized carbons (Fsp3) is 0.976. The highest BCUT2D eigenvalue weighted by Gasteiger charge is 2.44. The van der Waals surface area contributed by atoms with Crippen LogP contribution in [0.25, 0.3) is 0 Å². The van der Waals surface area contributed by atoms with E-state index in [0.29, 0.717) is 12.8 Å². The van der Waals surface area contributed by atoms with E-state index in [1.54, 1.807) is 0 Å². The molecule has 1 saturated heterocycles. The molecule has 0 spiro atoms. The lowest BCUT2D eigenvalue weighted by Crippen LogP contribution is -2.60. The molecule has 1 heterocycles. The van der Waals surface area contributed by atoms with Crippen LogP contribution in [0.4, 0.5) is 0 Å². The summed E-state index contributed by atoms with van der Waals surface area (Å²) in [5.74, 6) is -0.143. The zero-order valence-corrected chi connectivity index (χ0v) is 32.4. The SMILES string of the molecule is CCCCCCCCCCCCCCCCC(=O)N[C@@H](CO[C@@H]1O[C@H](CO)[C@H](O)C(O)C1O)[C@H](O)CCCCCCCCCCCCCCC. The maximum Gasteiger partial charge on any atom is 0.220 e. The highest BCUT2D eigenvalue weighted by Crippen LogP contribution is 2.23. The summed E-state index contributed by atoms with van der Waals surface area (Å²) in [5, 5.41) is 54.2. The molecule has 0 aromatic carbocycles. The van der Waals surface area contributed by atoms with E-state index in [1.165, 1.54) is 135 Å². The lowest BCUT2D eigenvalue weighted by molar-refractivity contribution is -0.302. The highest BCUT2D eigenvalue weighted by molar-refractivity contribution is 5.76. The Bertz CT molecular complexity index is 756. The van der Waals surface area contributed by atoms with Gasteiger partial charge >= 0.3 is 0 Å². The number of aliphatic hydroxyl groups is 5. The maximum absolute atomic E-state index is 12.9. The molecule has 1 aliphatic rings. The van der Waals surface area contributed by atoms with Gasteiger partial charge in [0.2, 0.25) is 5.91 Å². The molecule has 0 aliphatic carbocycles. The number of unbranched alkanes of at least 4 members (excludes halogenated alkanes) is 25. The Labute approximate surface area is 306 Å². The third kappa shape index (κ3) is 23.7. The van der Waals surface area contributed by atoms with Crippen molar-refractivity contribution in [1.29, 1.82) is 0 Å². The number of ether oxygens (including phenoxy) is 2. The lowest BCUT2D eigenvalue weighted by Gasteiger charge is -2.40. The van der Waals surface area contributed by atoms with Crippen LogP contribution in [0.5, 0.6) is 0 Å². The van der Waals surface area contributed by atoms with Crippen LogP contribution in [0.2, 0.25) is 0 Å². The molecule has 7 atom stereocenters. The van der Waals surface area contributed by atoms with Crippen LogP contribution < -0.4 is 5.32 Å². The molecule has 1 amide bonds. The summed E-state index contributed by atoms with van der Waals surface area (Å²) in [6.45, 7) is 3.83. The largest absolute Gasteiger partial charge is 0.394 e. The molecule has 1 fully saturated rings. The number of nitrogens with one attached hydrogen (secondary N) is 1. The summed E-state index contributed by atoms with van der Waals surface area (Å²) in [6.07, 6.45) is 26.7. The van der Waals surface area contributed by atoms with Crippen LogP contribution in [-0.2, 0) is 14.3 Å². The van der Waals surface area contributed by atoms with Crippen molar-refractivity contribution in [3.05, 3.63) is 0 Å².